The standard InChI is InChI=1S/C11H24N2/c1-4-5-10-13-11(2)8-6-7-9-12-3/h5,10-13H,4,6-9H2,1-3H3/b10-5+/t11-/m1/s1. The second-order valence-corrected chi connectivity index (χ2v) is 3.48. The number of hydrogen-bond donors (Lipinski definition) is 2. The molecule has 0 bridgehead atoms. The van der Waals surface area contributed by atoms with Gasteiger partial charge in [-0.25, -0.2) is 0 Å². The van der Waals surface area contributed by atoms with E-state index in [0.29, 0.717) is 6.04 Å². The van der Waals surface area contributed by atoms with Gasteiger partial charge in [0.2, 0.25) is 0 Å². The van der Waals surface area contributed by atoms with Crippen LogP contribution in [0.2, 0.25) is 0 Å². The molecule has 0 saturated carbocycles. The van der Waals surface area contributed by atoms with Gasteiger partial charge in [0.1, 0.15) is 0 Å². The molecule has 0 unspecified atom stereocenters. The van der Waals surface area contributed by atoms with Crippen molar-refractivity contribution in [2.24, 2.45) is 0 Å². The molecular weight excluding hydrogens is 160 g/mol. The minimum atomic E-state index is 0.611. The molecule has 0 amide bonds. The quantitative estimate of drug-likeness (QED) is 0.566. The molecule has 1 atom stereocenters. The van der Waals surface area contributed by atoms with Crippen molar-refractivity contribution in [1.82, 2.24) is 10.6 Å². The Balaban J connectivity index is 3.19. The van der Waals surface area contributed by atoms with E-state index >= 15 is 0 Å². The fourth-order valence-electron chi connectivity index (χ4n) is 1.19. The van der Waals surface area contributed by atoms with Crippen LogP contribution in [0.5, 0.6) is 0 Å². The summed E-state index contributed by atoms with van der Waals surface area (Å²) >= 11 is 0. The van der Waals surface area contributed by atoms with Gasteiger partial charge >= 0.3 is 0 Å². The highest BCUT2D eigenvalue weighted by Gasteiger charge is 1.96. The van der Waals surface area contributed by atoms with Gasteiger partial charge in [-0.15, -0.1) is 0 Å². The Hall–Kier alpha value is -0.500. The normalized spacial score (nSPS) is 13.5. The van der Waals surface area contributed by atoms with E-state index in [1.807, 2.05) is 7.05 Å². The number of rotatable bonds is 8. The van der Waals surface area contributed by atoms with Gasteiger partial charge in [-0.1, -0.05) is 19.4 Å². The van der Waals surface area contributed by atoms with Gasteiger partial charge in [-0.2, -0.15) is 0 Å². The zero-order valence-electron chi connectivity index (χ0n) is 9.27. The molecule has 13 heavy (non-hydrogen) atoms. The number of hydrogen-bond acceptors (Lipinski definition) is 2. The lowest BCUT2D eigenvalue weighted by Gasteiger charge is -2.10. The molecule has 0 aromatic rings. The molecule has 0 heterocycles. The van der Waals surface area contributed by atoms with Crippen LogP contribution in [0.15, 0.2) is 12.3 Å². The van der Waals surface area contributed by atoms with Crippen LogP contribution in [0.25, 0.3) is 0 Å². The molecule has 0 fully saturated rings. The molecule has 0 spiro atoms. The van der Waals surface area contributed by atoms with E-state index in [0.717, 1.165) is 13.0 Å². The summed E-state index contributed by atoms with van der Waals surface area (Å²) in [5.41, 5.74) is 0. The third kappa shape index (κ3) is 9.41. The SMILES string of the molecule is CC/C=C/N[C@H](C)CCCCNC. The van der Waals surface area contributed by atoms with Crippen LogP contribution >= 0.6 is 0 Å². The van der Waals surface area contributed by atoms with Gasteiger partial charge < -0.3 is 10.6 Å². The van der Waals surface area contributed by atoms with E-state index in [1.165, 1.54) is 19.3 Å². The van der Waals surface area contributed by atoms with Crippen LogP contribution < -0.4 is 10.6 Å². The summed E-state index contributed by atoms with van der Waals surface area (Å²) in [4.78, 5) is 0. The Morgan fingerprint density at radius 1 is 1.31 bits per heavy atom. The molecule has 0 radical (unpaired) electrons. The summed E-state index contributed by atoms with van der Waals surface area (Å²) in [7, 11) is 2.01. The molecular formula is C11H24N2. The summed E-state index contributed by atoms with van der Waals surface area (Å²) < 4.78 is 0. The largest absolute Gasteiger partial charge is 0.389 e. The molecule has 78 valence electrons. The molecule has 0 aliphatic heterocycles. The van der Waals surface area contributed by atoms with Gasteiger partial charge in [0.25, 0.3) is 0 Å². The predicted molar refractivity (Wildman–Crippen MR) is 59.8 cm³/mol. The van der Waals surface area contributed by atoms with Crippen molar-refractivity contribution in [3.05, 3.63) is 12.3 Å². The Bertz CT molecular complexity index is 121. The van der Waals surface area contributed by atoms with Crippen molar-refractivity contribution >= 4 is 0 Å². The number of unbranched alkanes of at least 4 members (excludes halogenated alkanes) is 1. The average molecular weight is 184 g/mol. The van der Waals surface area contributed by atoms with E-state index in [9.17, 15) is 0 Å². The van der Waals surface area contributed by atoms with Crippen molar-refractivity contribution in [2.45, 2.75) is 45.6 Å². The second-order valence-electron chi connectivity index (χ2n) is 3.48. The van der Waals surface area contributed by atoms with Crippen molar-refractivity contribution in [3.63, 3.8) is 0 Å². The van der Waals surface area contributed by atoms with Crippen LogP contribution in [0, 0.1) is 0 Å². The lowest BCUT2D eigenvalue weighted by Crippen LogP contribution is -2.20. The van der Waals surface area contributed by atoms with E-state index in [4.69, 9.17) is 0 Å². The maximum atomic E-state index is 3.36. The Morgan fingerprint density at radius 3 is 2.69 bits per heavy atom. The molecule has 2 N–H and O–H groups in total. The fourth-order valence-corrected chi connectivity index (χ4v) is 1.19. The summed E-state index contributed by atoms with van der Waals surface area (Å²) in [5, 5.41) is 6.52. The third-order valence-electron chi connectivity index (χ3n) is 2.05. The summed E-state index contributed by atoms with van der Waals surface area (Å²) in [6.45, 7) is 5.52. The monoisotopic (exact) mass is 184 g/mol. The molecule has 0 aromatic carbocycles. The zero-order chi connectivity index (χ0) is 9.94. The zero-order valence-corrected chi connectivity index (χ0v) is 9.27. The van der Waals surface area contributed by atoms with E-state index in [1.54, 1.807) is 0 Å². The van der Waals surface area contributed by atoms with E-state index < -0.39 is 0 Å². The highest BCUT2D eigenvalue weighted by Crippen LogP contribution is 1.99. The predicted octanol–water partition coefficient (Wildman–Crippen LogP) is 2.28. The first kappa shape index (κ1) is 12.5. The van der Waals surface area contributed by atoms with E-state index in [-0.39, 0.29) is 0 Å². The Kier molecular flexibility index (Phi) is 9.22. The van der Waals surface area contributed by atoms with Crippen molar-refractivity contribution in [2.75, 3.05) is 13.6 Å². The average Bonchev–Trinajstić information content (AvgIpc) is 2.13. The number of allylic oxidation sites excluding steroid dienone is 1. The summed E-state index contributed by atoms with van der Waals surface area (Å²) in [6, 6.07) is 0.611. The van der Waals surface area contributed by atoms with Crippen LogP contribution in [0.3, 0.4) is 0 Å². The van der Waals surface area contributed by atoms with E-state index in [2.05, 4.69) is 36.8 Å². The van der Waals surface area contributed by atoms with Crippen molar-refractivity contribution in [1.29, 1.82) is 0 Å². The maximum absolute atomic E-state index is 3.36. The second kappa shape index (κ2) is 9.59. The van der Waals surface area contributed by atoms with Crippen LogP contribution in [-0.2, 0) is 0 Å². The lowest BCUT2D eigenvalue weighted by molar-refractivity contribution is 0.536. The van der Waals surface area contributed by atoms with Gasteiger partial charge in [-0.05, 0) is 46.0 Å². The highest BCUT2D eigenvalue weighted by molar-refractivity contribution is 4.80. The summed E-state index contributed by atoms with van der Waals surface area (Å²) in [5.74, 6) is 0. The molecule has 2 heteroatoms. The molecule has 2 nitrogen and oxygen atoms in total. The minimum absolute atomic E-state index is 0.611. The first-order valence-electron chi connectivity index (χ1n) is 5.37. The smallest absolute Gasteiger partial charge is 0.0227 e. The van der Waals surface area contributed by atoms with Crippen LogP contribution in [-0.4, -0.2) is 19.6 Å². The van der Waals surface area contributed by atoms with Gasteiger partial charge in [0.05, 0.1) is 0 Å². The first-order chi connectivity index (χ1) is 6.31. The van der Waals surface area contributed by atoms with Crippen molar-refractivity contribution in [3.8, 4) is 0 Å². The van der Waals surface area contributed by atoms with Crippen LogP contribution in [0.4, 0.5) is 0 Å². The third-order valence-corrected chi connectivity index (χ3v) is 2.05. The fraction of sp³-hybridized carbons (Fsp3) is 0.818. The topological polar surface area (TPSA) is 24.1 Å². The lowest BCUT2D eigenvalue weighted by atomic mass is 10.1. The van der Waals surface area contributed by atoms with Gasteiger partial charge in [0, 0.05) is 6.04 Å². The first-order valence-corrected chi connectivity index (χ1v) is 5.37. The molecule has 0 saturated heterocycles. The Labute approximate surface area is 82.8 Å². The van der Waals surface area contributed by atoms with Gasteiger partial charge in [-0.3, -0.25) is 0 Å². The molecule has 0 aromatic heterocycles. The summed E-state index contributed by atoms with van der Waals surface area (Å²) in [6.07, 6.45) is 9.18. The molecule has 0 aliphatic rings. The maximum Gasteiger partial charge on any atom is 0.0227 e. The molecule has 0 rings (SSSR count). The van der Waals surface area contributed by atoms with Crippen molar-refractivity contribution < 1.29 is 0 Å². The molecule has 0 aliphatic carbocycles. The number of nitrogens with one attached hydrogen (secondary N) is 2. The Morgan fingerprint density at radius 2 is 2.08 bits per heavy atom. The van der Waals surface area contributed by atoms with Gasteiger partial charge in [0.15, 0.2) is 0 Å². The minimum Gasteiger partial charge on any atom is -0.389 e. The highest BCUT2D eigenvalue weighted by atomic mass is 14.9. The van der Waals surface area contributed by atoms with Crippen LogP contribution in [0.1, 0.15) is 39.5 Å².